The molecule has 7 heteroatoms. The minimum atomic E-state index is -3.78. The summed E-state index contributed by atoms with van der Waals surface area (Å²) in [4.78, 5) is 0.0973. The molecule has 140 valence electrons. The van der Waals surface area contributed by atoms with Crippen LogP contribution in [0.3, 0.4) is 0 Å². The number of benzene rings is 2. The van der Waals surface area contributed by atoms with Crippen molar-refractivity contribution in [3.05, 3.63) is 59.7 Å². The number of nitrogens with two attached hydrogens (primary N) is 1. The van der Waals surface area contributed by atoms with Crippen molar-refractivity contribution in [1.29, 1.82) is 0 Å². The van der Waals surface area contributed by atoms with Crippen molar-refractivity contribution in [3.63, 3.8) is 0 Å². The second kappa shape index (κ2) is 7.36. The summed E-state index contributed by atoms with van der Waals surface area (Å²) in [5.41, 5.74) is 7.52. The first kappa shape index (κ1) is 18.8. The summed E-state index contributed by atoms with van der Waals surface area (Å²) in [6.45, 7) is 1.98. The van der Waals surface area contributed by atoms with Gasteiger partial charge in [0.25, 0.3) is 0 Å². The number of aliphatic hydroxyl groups is 1. The Kier molecular flexibility index (Phi) is 5.34. The second-order valence-corrected chi connectivity index (χ2v) is 8.74. The third-order valence-corrected chi connectivity index (χ3v) is 6.72. The van der Waals surface area contributed by atoms with Gasteiger partial charge in [-0.05, 0) is 30.0 Å². The quantitative estimate of drug-likeness (QED) is 0.732. The van der Waals surface area contributed by atoms with E-state index >= 15 is 0 Å². The molecule has 0 fully saturated rings. The molecule has 2 aromatic carbocycles. The maximum Gasteiger partial charge on any atom is 0.243 e. The Morgan fingerprint density at radius 3 is 2.58 bits per heavy atom. The molecule has 1 unspecified atom stereocenters. The van der Waals surface area contributed by atoms with Crippen LogP contribution in [0, 0.1) is 0 Å². The van der Waals surface area contributed by atoms with Crippen LogP contribution in [0.15, 0.2) is 53.4 Å². The molecule has 0 aromatic heterocycles. The minimum absolute atomic E-state index is 0.0143. The van der Waals surface area contributed by atoms with Crippen LogP contribution in [-0.2, 0) is 16.4 Å². The lowest BCUT2D eigenvalue weighted by molar-refractivity contribution is 0.116. The van der Waals surface area contributed by atoms with E-state index in [-0.39, 0.29) is 29.7 Å². The van der Waals surface area contributed by atoms with E-state index in [1.807, 2.05) is 37.3 Å². The van der Waals surface area contributed by atoms with Crippen LogP contribution in [0.4, 0.5) is 0 Å². The molecule has 1 heterocycles. The lowest BCUT2D eigenvalue weighted by Crippen LogP contribution is -2.49. The number of aliphatic hydroxyl groups excluding tert-OH is 1. The van der Waals surface area contributed by atoms with Gasteiger partial charge in [-0.15, -0.1) is 0 Å². The number of phenolic OH excluding ortho intramolecular Hbond substituents is 1. The van der Waals surface area contributed by atoms with Crippen LogP contribution < -0.4 is 5.73 Å². The molecule has 0 bridgehead atoms. The molecule has 0 saturated heterocycles. The van der Waals surface area contributed by atoms with Gasteiger partial charge in [0.05, 0.1) is 11.0 Å². The Labute approximate surface area is 153 Å². The molecule has 0 amide bonds. The van der Waals surface area contributed by atoms with E-state index in [0.717, 1.165) is 5.56 Å². The lowest BCUT2D eigenvalue weighted by atomic mass is 9.99. The largest absolute Gasteiger partial charge is 0.508 e. The summed E-state index contributed by atoms with van der Waals surface area (Å²) in [5.74, 6) is -0.188. The molecule has 1 aliphatic rings. The van der Waals surface area contributed by atoms with Crippen LogP contribution in [0.5, 0.6) is 5.75 Å². The van der Waals surface area contributed by atoms with E-state index in [4.69, 9.17) is 5.73 Å². The van der Waals surface area contributed by atoms with Crippen molar-refractivity contribution in [1.82, 2.24) is 4.31 Å². The fourth-order valence-corrected chi connectivity index (χ4v) is 5.31. The third kappa shape index (κ3) is 3.61. The molecule has 0 spiro atoms. The van der Waals surface area contributed by atoms with Gasteiger partial charge in [0, 0.05) is 24.7 Å². The Morgan fingerprint density at radius 1 is 1.19 bits per heavy atom. The first-order valence-corrected chi connectivity index (χ1v) is 10.0. The smallest absolute Gasteiger partial charge is 0.243 e. The highest BCUT2D eigenvalue weighted by molar-refractivity contribution is 7.89. The van der Waals surface area contributed by atoms with Crippen molar-refractivity contribution in [2.45, 2.75) is 36.3 Å². The van der Waals surface area contributed by atoms with Crippen molar-refractivity contribution >= 4 is 10.0 Å². The monoisotopic (exact) mass is 376 g/mol. The van der Waals surface area contributed by atoms with Crippen LogP contribution in [0.25, 0.3) is 0 Å². The number of hydrogen-bond donors (Lipinski definition) is 3. The van der Waals surface area contributed by atoms with Gasteiger partial charge in [-0.25, -0.2) is 8.42 Å². The normalized spacial score (nSPS) is 21.7. The molecule has 2 aromatic rings. The van der Waals surface area contributed by atoms with Crippen molar-refractivity contribution in [2.24, 2.45) is 5.73 Å². The maximum atomic E-state index is 12.9. The van der Waals surface area contributed by atoms with E-state index in [1.165, 1.54) is 22.5 Å². The zero-order chi connectivity index (χ0) is 18.9. The van der Waals surface area contributed by atoms with Crippen molar-refractivity contribution in [2.75, 3.05) is 13.1 Å². The van der Waals surface area contributed by atoms with Gasteiger partial charge in [-0.1, -0.05) is 43.3 Å². The molecule has 0 aliphatic carbocycles. The van der Waals surface area contributed by atoms with Gasteiger partial charge in [-0.3, -0.25) is 0 Å². The number of aromatic hydroxyl groups is 1. The third-order valence-electron chi connectivity index (χ3n) is 4.83. The fraction of sp³-hybridized carbons (Fsp3) is 0.368. The van der Waals surface area contributed by atoms with Gasteiger partial charge in [0.15, 0.2) is 0 Å². The highest BCUT2D eigenvalue weighted by Crippen LogP contribution is 2.38. The molecule has 3 rings (SSSR count). The van der Waals surface area contributed by atoms with Gasteiger partial charge in [0.2, 0.25) is 10.0 Å². The van der Waals surface area contributed by atoms with Crippen LogP contribution in [0.2, 0.25) is 0 Å². The molecular formula is C19H24N2O4S. The Morgan fingerprint density at radius 2 is 1.88 bits per heavy atom. The average Bonchev–Trinajstić information content (AvgIpc) is 2.60. The van der Waals surface area contributed by atoms with Crippen LogP contribution in [0.1, 0.15) is 24.0 Å². The lowest BCUT2D eigenvalue weighted by Gasteiger charge is -2.34. The van der Waals surface area contributed by atoms with E-state index < -0.39 is 22.2 Å². The minimum Gasteiger partial charge on any atom is -0.508 e. The number of nitrogens with zero attached hydrogens (tertiary/aromatic N) is 1. The summed E-state index contributed by atoms with van der Waals surface area (Å²) < 4.78 is 27.0. The molecule has 4 N–H and O–H groups in total. The van der Waals surface area contributed by atoms with E-state index in [9.17, 15) is 18.6 Å². The Bertz CT molecular complexity index is 870. The Balaban J connectivity index is 1.77. The number of sulfonamides is 1. The molecule has 0 saturated carbocycles. The first-order valence-electron chi connectivity index (χ1n) is 8.60. The Hall–Kier alpha value is -1.93. The van der Waals surface area contributed by atoms with Gasteiger partial charge < -0.3 is 15.9 Å². The highest BCUT2D eigenvalue weighted by atomic mass is 32.2. The standard InChI is InChI=1S/C19H24N2O4S/c1-13-11-21(26(24,25)18-9-5-8-16(22)19(13)18)12-17(23)15(20)10-14-6-3-2-4-7-14/h2-9,13,15,17,22-23H,10-12,20H2,1H3/t13?,15-,17+/m0/s1. The number of hydrogen-bond acceptors (Lipinski definition) is 5. The van der Waals surface area contributed by atoms with Crippen LogP contribution >= 0.6 is 0 Å². The molecule has 1 aliphatic heterocycles. The maximum absolute atomic E-state index is 12.9. The van der Waals surface area contributed by atoms with Crippen molar-refractivity contribution in [3.8, 4) is 5.75 Å². The molecule has 6 nitrogen and oxygen atoms in total. The first-order chi connectivity index (χ1) is 12.3. The number of phenols is 1. The molecule has 0 radical (unpaired) electrons. The summed E-state index contributed by atoms with van der Waals surface area (Å²) >= 11 is 0. The summed E-state index contributed by atoms with van der Waals surface area (Å²) in [6.07, 6.45) is -0.529. The van der Waals surface area contributed by atoms with Crippen LogP contribution in [-0.4, -0.2) is 48.2 Å². The second-order valence-electron chi connectivity index (χ2n) is 6.83. The number of β-amino-alcohol motifs (C(OH)–C–C–N with tert-alkyl or cyclic N) is 1. The fourth-order valence-electron chi connectivity index (χ4n) is 3.43. The van der Waals surface area contributed by atoms with Crippen molar-refractivity contribution < 1.29 is 18.6 Å². The predicted molar refractivity (Wildman–Crippen MR) is 99.4 cm³/mol. The molecular weight excluding hydrogens is 352 g/mol. The molecule has 26 heavy (non-hydrogen) atoms. The molecule has 3 atom stereocenters. The summed E-state index contributed by atoms with van der Waals surface area (Å²) in [7, 11) is -3.78. The summed E-state index contributed by atoms with van der Waals surface area (Å²) in [5, 5.41) is 20.5. The zero-order valence-corrected chi connectivity index (χ0v) is 15.4. The van der Waals surface area contributed by atoms with Gasteiger partial charge in [0.1, 0.15) is 5.75 Å². The van der Waals surface area contributed by atoms with Gasteiger partial charge >= 0.3 is 0 Å². The number of rotatable bonds is 5. The van der Waals surface area contributed by atoms with Gasteiger partial charge in [-0.2, -0.15) is 4.31 Å². The van der Waals surface area contributed by atoms with E-state index in [2.05, 4.69) is 0 Å². The predicted octanol–water partition coefficient (Wildman–Crippen LogP) is 1.43. The van der Waals surface area contributed by atoms with E-state index in [0.29, 0.717) is 12.0 Å². The SMILES string of the molecule is CC1CN(C[C@@H](O)[C@@H](N)Cc2ccccc2)S(=O)(=O)c2cccc(O)c21. The highest BCUT2D eigenvalue weighted by Gasteiger charge is 2.38. The average molecular weight is 376 g/mol. The number of fused-ring (bicyclic) bond motifs is 1. The van der Waals surface area contributed by atoms with E-state index in [1.54, 1.807) is 0 Å². The topological polar surface area (TPSA) is 104 Å². The summed E-state index contributed by atoms with van der Waals surface area (Å²) in [6, 6.07) is 13.5. The zero-order valence-electron chi connectivity index (χ0n) is 14.6.